The second-order valence-electron chi connectivity index (χ2n) is 3.28. The van der Waals surface area contributed by atoms with Gasteiger partial charge in [-0.25, -0.2) is 4.79 Å². The first-order chi connectivity index (χ1) is 7.65. The fourth-order valence-electron chi connectivity index (χ4n) is 1.30. The van der Waals surface area contributed by atoms with Crippen molar-refractivity contribution in [2.75, 3.05) is 0 Å². The normalized spacial score (nSPS) is 11.1. The van der Waals surface area contributed by atoms with E-state index in [4.69, 9.17) is 5.11 Å². The molecule has 0 amide bonds. The van der Waals surface area contributed by atoms with Gasteiger partial charge in [0, 0.05) is 34.6 Å². The Labute approximate surface area is 96.5 Å². The van der Waals surface area contributed by atoms with Crippen LogP contribution in [0.3, 0.4) is 0 Å². The highest BCUT2D eigenvalue weighted by Gasteiger charge is 2.03. The molecule has 2 aromatic heterocycles. The van der Waals surface area contributed by atoms with Gasteiger partial charge < -0.3 is 5.11 Å². The Balaban J connectivity index is 2.23. The lowest BCUT2D eigenvalue weighted by Crippen LogP contribution is -1.84. The third kappa shape index (κ3) is 2.38. The first-order valence-corrected chi connectivity index (χ1v) is 5.46. The minimum absolute atomic E-state index is 0.918. The van der Waals surface area contributed by atoms with Crippen LogP contribution in [0.4, 0.5) is 0 Å². The number of aryl methyl sites for hydroxylation is 1. The second kappa shape index (κ2) is 4.32. The molecule has 2 rings (SSSR count). The molecule has 0 aliphatic rings. The van der Waals surface area contributed by atoms with Crippen LogP contribution in [0.1, 0.15) is 4.88 Å². The van der Waals surface area contributed by atoms with Crippen molar-refractivity contribution in [2.24, 2.45) is 7.05 Å². The number of aliphatic carboxylic acids is 1. The molecule has 0 aliphatic carbocycles. The van der Waals surface area contributed by atoms with E-state index < -0.39 is 5.97 Å². The Morgan fingerprint density at radius 3 is 3.00 bits per heavy atom. The van der Waals surface area contributed by atoms with Gasteiger partial charge in [0.1, 0.15) is 0 Å². The number of carbonyl (C=O) groups is 1. The molecule has 0 atom stereocenters. The topological polar surface area (TPSA) is 55.1 Å². The monoisotopic (exact) mass is 234 g/mol. The summed E-state index contributed by atoms with van der Waals surface area (Å²) in [5.41, 5.74) is 1.04. The van der Waals surface area contributed by atoms with E-state index in [1.54, 1.807) is 17.0 Å². The van der Waals surface area contributed by atoms with Crippen molar-refractivity contribution in [3.8, 4) is 10.4 Å². The Hall–Kier alpha value is -1.88. The fraction of sp³-hybridized carbons (Fsp3) is 0.0909. The van der Waals surface area contributed by atoms with E-state index in [0.29, 0.717) is 0 Å². The summed E-state index contributed by atoms with van der Waals surface area (Å²) in [4.78, 5) is 12.4. The number of hydrogen-bond donors (Lipinski definition) is 1. The molecule has 2 heterocycles. The highest BCUT2D eigenvalue weighted by Crippen LogP contribution is 2.28. The van der Waals surface area contributed by atoms with E-state index in [1.807, 2.05) is 25.4 Å². The molecular formula is C11H10N2O2S. The molecule has 0 aliphatic heterocycles. The number of nitrogens with zero attached hydrogens (tertiary/aromatic N) is 2. The van der Waals surface area contributed by atoms with E-state index >= 15 is 0 Å². The summed E-state index contributed by atoms with van der Waals surface area (Å²) >= 11 is 1.54. The minimum Gasteiger partial charge on any atom is -0.478 e. The van der Waals surface area contributed by atoms with Crippen LogP contribution in [0.2, 0.25) is 0 Å². The zero-order valence-electron chi connectivity index (χ0n) is 8.62. The van der Waals surface area contributed by atoms with Crippen LogP contribution in [-0.2, 0) is 11.8 Å². The lowest BCUT2D eigenvalue weighted by molar-refractivity contribution is -0.131. The van der Waals surface area contributed by atoms with Crippen molar-refractivity contribution in [3.63, 3.8) is 0 Å². The highest BCUT2D eigenvalue weighted by molar-refractivity contribution is 7.16. The summed E-state index contributed by atoms with van der Waals surface area (Å²) in [5, 5.41) is 12.6. The third-order valence-corrected chi connectivity index (χ3v) is 3.11. The van der Waals surface area contributed by atoms with Gasteiger partial charge in [-0.15, -0.1) is 11.3 Å². The molecule has 5 heteroatoms. The van der Waals surface area contributed by atoms with E-state index in [9.17, 15) is 4.79 Å². The van der Waals surface area contributed by atoms with Crippen LogP contribution in [0.25, 0.3) is 16.5 Å². The molecule has 2 aromatic rings. The fourth-order valence-corrected chi connectivity index (χ4v) is 2.18. The van der Waals surface area contributed by atoms with Crippen LogP contribution >= 0.6 is 11.3 Å². The minimum atomic E-state index is -0.934. The molecule has 82 valence electrons. The smallest absolute Gasteiger partial charge is 0.328 e. The quantitative estimate of drug-likeness (QED) is 0.829. The standard InChI is InChI=1S/C11H10N2O2S/c1-13-7-8(6-12-13)10-4-2-9(16-10)3-5-11(14)15/h2-7H,1H3,(H,14,15). The van der Waals surface area contributed by atoms with Crippen molar-refractivity contribution in [1.29, 1.82) is 0 Å². The number of aromatic nitrogens is 2. The van der Waals surface area contributed by atoms with E-state index in [1.165, 1.54) is 11.3 Å². The van der Waals surface area contributed by atoms with E-state index in [0.717, 1.165) is 21.4 Å². The van der Waals surface area contributed by atoms with Crippen molar-refractivity contribution in [1.82, 2.24) is 9.78 Å². The highest BCUT2D eigenvalue weighted by atomic mass is 32.1. The van der Waals surface area contributed by atoms with Gasteiger partial charge in [0.15, 0.2) is 0 Å². The second-order valence-corrected chi connectivity index (χ2v) is 4.39. The summed E-state index contributed by atoms with van der Waals surface area (Å²) < 4.78 is 1.74. The number of hydrogen-bond acceptors (Lipinski definition) is 3. The zero-order chi connectivity index (χ0) is 11.5. The summed E-state index contributed by atoms with van der Waals surface area (Å²) in [6, 6.07) is 3.86. The Morgan fingerprint density at radius 1 is 1.56 bits per heavy atom. The lowest BCUT2D eigenvalue weighted by atomic mass is 10.3. The molecular weight excluding hydrogens is 224 g/mol. The van der Waals surface area contributed by atoms with Gasteiger partial charge >= 0.3 is 5.97 Å². The van der Waals surface area contributed by atoms with E-state index in [-0.39, 0.29) is 0 Å². The average molecular weight is 234 g/mol. The lowest BCUT2D eigenvalue weighted by Gasteiger charge is -1.87. The third-order valence-electron chi connectivity index (χ3n) is 2.01. The maximum absolute atomic E-state index is 10.4. The summed E-state index contributed by atoms with van der Waals surface area (Å²) in [6.45, 7) is 0. The van der Waals surface area contributed by atoms with Gasteiger partial charge in [0.25, 0.3) is 0 Å². The van der Waals surface area contributed by atoms with Crippen LogP contribution in [0, 0.1) is 0 Å². The molecule has 0 unspecified atom stereocenters. The first-order valence-electron chi connectivity index (χ1n) is 4.65. The number of rotatable bonds is 3. The zero-order valence-corrected chi connectivity index (χ0v) is 9.44. The Morgan fingerprint density at radius 2 is 2.38 bits per heavy atom. The predicted octanol–water partition coefficient (Wildman–Crippen LogP) is 2.25. The van der Waals surface area contributed by atoms with Gasteiger partial charge in [0.05, 0.1) is 6.20 Å². The summed E-state index contributed by atoms with van der Waals surface area (Å²) in [7, 11) is 1.86. The maximum atomic E-state index is 10.4. The molecule has 0 bridgehead atoms. The molecule has 0 aromatic carbocycles. The van der Waals surface area contributed by atoms with Crippen LogP contribution in [0.15, 0.2) is 30.6 Å². The van der Waals surface area contributed by atoms with Crippen LogP contribution in [-0.4, -0.2) is 20.9 Å². The molecule has 0 fully saturated rings. The molecule has 0 spiro atoms. The number of thiophene rings is 1. The van der Waals surface area contributed by atoms with Gasteiger partial charge in [-0.3, -0.25) is 4.68 Å². The molecule has 0 saturated heterocycles. The molecule has 1 N–H and O–H groups in total. The first kappa shape index (κ1) is 10.6. The molecule has 0 radical (unpaired) electrons. The van der Waals surface area contributed by atoms with Crippen molar-refractivity contribution < 1.29 is 9.90 Å². The summed E-state index contributed by atoms with van der Waals surface area (Å²) in [6.07, 6.45) is 6.44. The van der Waals surface area contributed by atoms with Gasteiger partial charge in [-0.1, -0.05) is 0 Å². The largest absolute Gasteiger partial charge is 0.478 e. The van der Waals surface area contributed by atoms with Gasteiger partial charge in [-0.2, -0.15) is 5.10 Å². The SMILES string of the molecule is Cn1cc(-c2ccc(C=CC(=O)O)s2)cn1. The maximum Gasteiger partial charge on any atom is 0.328 e. The summed E-state index contributed by atoms with van der Waals surface area (Å²) in [5.74, 6) is -0.934. The van der Waals surface area contributed by atoms with Crippen LogP contribution in [0.5, 0.6) is 0 Å². The molecule has 16 heavy (non-hydrogen) atoms. The van der Waals surface area contributed by atoms with Crippen molar-refractivity contribution in [3.05, 3.63) is 35.5 Å². The molecule has 0 saturated carbocycles. The van der Waals surface area contributed by atoms with Gasteiger partial charge in [-0.05, 0) is 18.2 Å². The Bertz CT molecular complexity index is 540. The van der Waals surface area contributed by atoms with E-state index in [2.05, 4.69) is 5.10 Å². The number of carboxylic acids is 1. The van der Waals surface area contributed by atoms with Crippen LogP contribution < -0.4 is 0 Å². The average Bonchev–Trinajstić information content (AvgIpc) is 2.83. The van der Waals surface area contributed by atoms with Crippen molar-refractivity contribution in [2.45, 2.75) is 0 Å². The van der Waals surface area contributed by atoms with Crippen molar-refractivity contribution >= 4 is 23.4 Å². The Kier molecular flexibility index (Phi) is 2.87. The molecule has 4 nitrogen and oxygen atoms in total. The van der Waals surface area contributed by atoms with Gasteiger partial charge in [0.2, 0.25) is 0 Å². The number of carboxylic acid groups (broad SMARTS) is 1. The predicted molar refractivity (Wildman–Crippen MR) is 63.2 cm³/mol.